The zero-order valence-corrected chi connectivity index (χ0v) is 11.4. The van der Waals surface area contributed by atoms with Gasteiger partial charge in [0, 0.05) is 5.56 Å². The first kappa shape index (κ1) is 13.7. The summed E-state index contributed by atoms with van der Waals surface area (Å²) in [6.07, 6.45) is 0. The highest BCUT2D eigenvalue weighted by atomic mass is 127. The van der Waals surface area contributed by atoms with Gasteiger partial charge in [0.2, 0.25) is 0 Å². The zero-order chi connectivity index (χ0) is 9.90. The van der Waals surface area contributed by atoms with Gasteiger partial charge in [0.1, 0.15) is 12.3 Å². The van der Waals surface area contributed by atoms with E-state index in [1.165, 1.54) is 5.56 Å². The number of halogens is 1. The molecule has 0 saturated heterocycles. The van der Waals surface area contributed by atoms with Gasteiger partial charge in [-0.3, -0.25) is 0 Å². The summed E-state index contributed by atoms with van der Waals surface area (Å²) in [5.41, 5.74) is 1.34. The molecule has 80 valence electrons. The molecular formula is C11H18INO. The summed E-state index contributed by atoms with van der Waals surface area (Å²) in [6, 6.07) is 8.24. The van der Waals surface area contributed by atoms with E-state index in [1.807, 2.05) is 12.1 Å². The Morgan fingerprint density at radius 1 is 1.07 bits per heavy atom. The summed E-state index contributed by atoms with van der Waals surface area (Å²) in [7, 11) is 8.24. The van der Waals surface area contributed by atoms with Crippen molar-refractivity contribution in [3.05, 3.63) is 29.8 Å². The monoisotopic (exact) mass is 307 g/mol. The van der Waals surface area contributed by atoms with Crippen LogP contribution in [-0.4, -0.2) is 32.7 Å². The molecule has 0 aliphatic rings. The van der Waals surface area contributed by atoms with Gasteiger partial charge >= 0.3 is 0 Å². The third-order valence-electron chi connectivity index (χ3n) is 1.82. The first-order chi connectivity index (χ1) is 6.01. The molecule has 0 atom stereocenters. The van der Waals surface area contributed by atoms with E-state index in [0.717, 1.165) is 16.8 Å². The minimum atomic E-state index is 0. The van der Waals surface area contributed by atoms with Gasteiger partial charge in [0.15, 0.2) is 0 Å². The smallest absolute Gasteiger partial charge is 0.118 e. The van der Waals surface area contributed by atoms with E-state index in [-0.39, 0.29) is 24.0 Å². The summed E-state index contributed by atoms with van der Waals surface area (Å²) in [5, 5.41) is 0. The molecule has 0 saturated carbocycles. The predicted octanol–water partition coefficient (Wildman–Crippen LogP) is -1.09. The third-order valence-corrected chi connectivity index (χ3v) is 1.82. The molecule has 1 rings (SSSR count). The molecular weight excluding hydrogens is 289 g/mol. The van der Waals surface area contributed by atoms with Crippen LogP contribution in [0.5, 0.6) is 5.75 Å². The van der Waals surface area contributed by atoms with Crippen LogP contribution in [0, 0.1) is 0 Å². The average molecular weight is 307 g/mol. The molecule has 0 bridgehead atoms. The Hall–Kier alpha value is -0.290. The van der Waals surface area contributed by atoms with E-state index in [1.54, 1.807) is 7.11 Å². The van der Waals surface area contributed by atoms with Crippen molar-refractivity contribution in [3.63, 3.8) is 0 Å². The lowest BCUT2D eigenvalue weighted by atomic mass is 10.2. The van der Waals surface area contributed by atoms with Crippen molar-refractivity contribution in [2.45, 2.75) is 6.54 Å². The highest BCUT2D eigenvalue weighted by Crippen LogP contribution is 2.13. The van der Waals surface area contributed by atoms with Crippen molar-refractivity contribution in [1.82, 2.24) is 0 Å². The Morgan fingerprint density at radius 3 is 1.93 bits per heavy atom. The fourth-order valence-corrected chi connectivity index (χ4v) is 1.28. The summed E-state index contributed by atoms with van der Waals surface area (Å²) in [4.78, 5) is 0. The fourth-order valence-electron chi connectivity index (χ4n) is 1.28. The van der Waals surface area contributed by atoms with Gasteiger partial charge in [0.05, 0.1) is 28.3 Å². The number of benzene rings is 1. The van der Waals surface area contributed by atoms with E-state index in [2.05, 4.69) is 33.3 Å². The van der Waals surface area contributed by atoms with Crippen LogP contribution in [0.1, 0.15) is 5.56 Å². The standard InChI is InChI=1S/C11H18NO.HI/c1-12(2,3)9-10-5-7-11(13-4)8-6-10;/h5-8H,9H2,1-4H3;1H/q+1;/p-1. The maximum absolute atomic E-state index is 5.09. The molecule has 0 heterocycles. The van der Waals surface area contributed by atoms with Crippen LogP contribution in [0.2, 0.25) is 0 Å². The zero-order valence-electron chi connectivity index (χ0n) is 9.25. The van der Waals surface area contributed by atoms with E-state index in [9.17, 15) is 0 Å². The molecule has 14 heavy (non-hydrogen) atoms. The predicted molar refractivity (Wildman–Crippen MR) is 54.7 cm³/mol. The topological polar surface area (TPSA) is 9.23 Å². The van der Waals surface area contributed by atoms with Crippen LogP contribution in [0.3, 0.4) is 0 Å². The molecule has 0 aliphatic heterocycles. The van der Waals surface area contributed by atoms with Crippen molar-refractivity contribution >= 4 is 0 Å². The molecule has 0 N–H and O–H groups in total. The van der Waals surface area contributed by atoms with E-state index in [0.29, 0.717) is 0 Å². The number of methoxy groups -OCH3 is 1. The maximum atomic E-state index is 5.09. The van der Waals surface area contributed by atoms with Gasteiger partial charge in [-0.15, -0.1) is 0 Å². The lowest BCUT2D eigenvalue weighted by Gasteiger charge is -2.23. The van der Waals surface area contributed by atoms with Crippen LogP contribution >= 0.6 is 0 Å². The van der Waals surface area contributed by atoms with Crippen LogP contribution in [0.15, 0.2) is 24.3 Å². The molecule has 0 spiro atoms. The molecule has 1 aromatic rings. The normalized spacial score (nSPS) is 10.6. The minimum Gasteiger partial charge on any atom is -1.00 e. The van der Waals surface area contributed by atoms with Gasteiger partial charge in [0.25, 0.3) is 0 Å². The van der Waals surface area contributed by atoms with Gasteiger partial charge in [-0.1, -0.05) is 0 Å². The minimum absolute atomic E-state index is 0. The molecule has 2 nitrogen and oxygen atoms in total. The van der Waals surface area contributed by atoms with Crippen LogP contribution < -0.4 is 28.7 Å². The number of rotatable bonds is 3. The van der Waals surface area contributed by atoms with Gasteiger partial charge < -0.3 is 33.2 Å². The SMILES string of the molecule is COc1ccc(C[N+](C)(C)C)cc1.[I-]. The molecule has 0 amide bonds. The first-order valence-corrected chi connectivity index (χ1v) is 4.45. The van der Waals surface area contributed by atoms with Crippen LogP contribution in [-0.2, 0) is 6.54 Å². The Morgan fingerprint density at radius 2 is 1.57 bits per heavy atom. The first-order valence-electron chi connectivity index (χ1n) is 4.45. The number of nitrogens with zero attached hydrogens (tertiary/aromatic N) is 1. The average Bonchev–Trinajstić information content (AvgIpc) is 2.03. The molecule has 1 aromatic carbocycles. The van der Waals surface area contributed by atoms with Gasteiger partial charge in [-0.2, -0.15) is 0 Å². The summed E-state index contributed by atoms with van der Waals surface area (Å²) in [6.45, 7) is 1.05. The molecule has 0 aliphatic carbocycles. The number of hydrogen-bond acceptors (Lipinski definition) is 1. The number of quaternary nitrogens is 1. The third kappa shape index (κ3) is 4.81. The molecule has 0 fully saturated rings. The maximum Gasteiger partial charge on any atom is 0.118 e. The van der Waals surface area contributed by atoms with Crippen molar-refractivity contribution in [2.75, 3.05) is 28.3 Å². The Bertz CT molecular complexity index is 264. The lowest BCUT2D eigenvalue weighted by molar-refractivity contribution is -0.884. The second kappa shape index (κ2) is 5.56. The lowest BCUT2D eigenvalue weighted by Crippen LogP contribution is -3.00. The van der Waals surface area contributed by atoms with Crippen molar-refractivity contribution in [3.8, 4) is 5.75 Å². The van der Waals surface area contributed by atoms with Gasteiger partial charge in [-0.05, 0) is 24.3 Å². The van der Waals surface area contributed by atoms with Crippen molar-refractivity contribution in [2.24, 2.45) is 0 Å². The number of hydrogen-bond donors (Lipinski definition) is 0. The molecule has 3 heteroatoms. The van der Waals surface area contributed by atoms with Crippen molar-refractivity contribution in [1.29, 1.82) is 0 Å². The summed E-state index contributed by atoms with van der Waals surface area (Å²) >= 11 is 0. The van der Waals surface area contributed by atoms with E-state index < -0.39 is 0 Å². The molecule has 0 unspecified atom stereocenters. The fraction of sp³-hybridized carbons (Fsp3) is 0.455. The Labute approximate surface area is 103 Å². The Kier molecular flexibility index (Phi) is 5.44. The number of ether oxygens (including phenoxy) is 1. The quantitative estimate of drug-likeness (QED) is 0.509. The van der Waals surface area contributed by atoms with Crippen LogP contribution in [0.4, 0.5) is 0 Å². The second-order valence-corrected chi connectivity index (χ2v) is 4.30. The largest absolute Gasteiger partial charge is 1.00 e. The van der Waals surface area contributed by atoms with E-state index in [4.69, 9.17) is 4.74 Å². The highest BCUT2D eigenvalue weighted by molar-refractivity contribution is 5.26. The highest BCUT2D eigenvalue weighted by Gasteiger charge is 2.07. The van der Waals surface area contributed by atoms with Gasteiger partial charge in [-0.25, -0.2) is 0 Å². The Balaban J connectivity index is 0.00000169. The molecule has 0 aromatic heterocycles. The second-order valence-electron chi connectivity index (χ2n) is 4.30. The molecule has 0 radical (unpaired) electrons. The summed E-state index contributed by atoms with van der Waals surface area (Å²) < 4.78 is 6.04. The summed E-state index contributed by atoms with van der Waals surface area (Å²) in [5.74, 6) is 0.921. The van der Waals surface area contributed by atoms with E-state index >= 15 is 0 Å². The van der Waals surface area contributed by atoms with Crippen molar-refractivity contribution < 1.29 is 33.2 Å². The van der Waals surface area contributed by atoms with Crippen LogP contribution in [0.25, 0.3) is 0 Å².